The molecule has 5 rings (SSSR count). The van der Waals surface area contributed by atoms with Crippen LogP contribution in [0.4, 0.5) is 5.69 Å². The average Bonchev–Trinajstić information content (AvgIpc) is 3.31. The number of carbonyl (C=O) groups excluding carboxylic acids is 2. The molecular weight excluding hydrogens is 440 g/mol. The third kappa shape index (κ3) is 4.79. The van der Waals surface area contributed by atoms with Gasteiger partial charge in [-0.3, -0.25) is 4.79 Å². The Hall–Kier alpha value is -4.78. The van der Waals surface area contributed by atoms with E-state index in [4.69, 9.17) is 4.74 Å². The van der Waals surface area contributed by atoms with Crippen molar-refractivity contribution >= 4 is 28.9 Å². The molecule has 7 nitrogen and oxygen atoms in total. The van der Waals surface area contributed by atoms with Gasteiger partial charge in [-0.05, 0) is 48.0 Å². The molecule has 0 saturated carbocycles. The van der Waals surface area contributed by atoms with E-state index in [0.717, 1.165) is 17.4 Å². The van der Waals surface area contributed by atoms with Crippen molar-refractivity contribution in [2.24, 2.45) is 0 Å². The lowest BCUT2D eigenvalue weighted by atomic mass is 10.0. The number of benzene rings is 3. The predicted molar refractivity (Wildman–Crippen MR) is 134 cm³/mol. The summed E-state index contributed by atoms with van der Waals surface area (Å²) >= 11 is 0. The van der Waals surface area contributed by atoms with Crippen molar-refractivity contribution in [1.29, 1.82) is 0 Å². The number of amides is 1. The lowest BCUT2D eigenvalue weighted by Crippen LogP contribution is -2.13. The first-order chi connectivity index (χ1) is 17.2. The smallest absolute Gasteiger partial charge is 0.261 e. The Labute approximate surface area is 202 Å². The molecule has 0 aliphatic carbocycles. The van der Waals surface area contributed by atoms with E-state index in [9.17, 15) is 9.59 Å². The van der Waals surface area contributed by atoms with Crippen molar-refractivity contribution < 1.29 is 14.3 Å². The maximum absolute atomic E-state index is 13.0. The highest BCUT2D eigenvalue weighted by Crippen LogP contribution is 2.28. The Bertz CT molecular complexity index is 1470. The number of hydrogen-bond acceptors (Lipinski definition) is 5. The Morgan fingerprint density at radius 3 is 2.49 bits per heavy atom. The SMILES string of the molecule is O=CCC(c1ccccc1)n1cnc2cc(NC(=O)c3cccnc3Oc3ccccc3)ccc21. The zero-order valence-electron chi connectivity index (χ0n) is 18.7. The third-order valence-corrected chi connectivity index (χ3v) is 5.65. The maximum Gasteiger partial charge on any atom is 0.261 e. The fourth-order valence-corrected chi connectivity index (χ4v) is 3.98. The van der Waals surface area contributed by atoms with Crippen molar-refractivity contribution in [3.05, 3.63) is 115 Å². The van der Waals surface area contributed by atoms with Crippen molar-refractivity contribution in [1.82, 2.24) is 14.5 Å². The lowest BCUT2D eigenvalue weighted by molar-refractivity contribution is -0.108. The van der Waals surface area contributed by atoms with Gasteiger partial charge in [-0.15, -0.1) is 0 Å². The number of ether oxygens (including phenoxy) is 1. The molecule has 0 radical (unpaired) electrons. The number of rotatable bonds is 8. The molecule has 5 aromatic rings. The molecule has 35 heavy (non-hydrogen) atoms. The second kappa shape index (κ2) is 10.0. The number of anilines is 1. The van der Waals surface area contributed by atoms with E-state index in [1.54, 1.807) is 42.9 Å². The van der Waals surface area contributed by atoms with Crippen LogP contribution in [0.5, 0.6) is 11.6 Å². The van der Waals surface area contributed by atoms with E-state index >= 15 is 0 Å². The topological polar surface area (TPSA) is 86.1 Å². The third-order valence-electron chi connectivity index (χ3n) is 5.65. The minimum Gasteiger partial charge on any atom is -0.438 e. The van der Waals surface area contributed by atoms with Crippen LogP contribution in [0.1, 0.15) is 28.4 Å². The van der Waals surface area contributed by atoms with Crippen LogP contribution < -0.4 is 10.1 Å². The molecule has 1 N–H and O–H groups in total. The Morgan fingerprint density at radius 1 is 0.943 bits per heavy atom. The van der Waals surface area contributed by atoms with E-state index in [1.165, 1.54) is 0 Å². The average molecular weight is 463 g/mol. The molecule has 7 heteroatoms. The highest BCUT2D eigenvalue weighted by Gasteiger charge is 2.18. The molecule has 2 heterocycles. The molecule has 0 saturated heterocycles. The number of aromatic nitrogens is 3. The molecule has 0 fully saturated rings. The largest absolute Gasteiger partial charge is 0.438 e. The van der Waals surface area contributed by atoms with E-state index in [-0.39, 0.29) is 17.8 Å². The number of nitrogens with zero attached hydrogens (tertiary/aromatic N) is 3. The van der Waals surface area contributed by atoms with Crippen LogP contribution in [0, 0.1) is 0 Å². The van der Waals surface area contributed by atoms with Gasteiger partial charge in [0.05, 0.1) is 23.4 Å². The van der Waals surface area contributed by atoms with Crippen LogP contribution in [0.15, 0.2) is 104 Å². The zero-order chi connectivity index (χ0) is 24.0. The summed E-state index contributed by atoms with van der Waals surface area (Å²) in [6, 6.07) is 27.7. The van der Waals surface area contributed by atoms with Gasteiger partial charge in [-0.1, -0.05) is 48.5 Å². The number of aldehydes is 1. The minimum absolute atomic E-state index is 0.160. The quantitative estimate of drug-likeness (QED) is 0.301. The van der Waals surface area contributed by atoms with Crippen LogP contribution in [-0.2, 0) is 4.79 Å². The second-order valence-corrected chi connectivity index (χ2v) is 7.91. The molecule has 3 aromatic carbocycles. The minimum atomic E-state index is -0.342. The molecule has 0 bridgehead atoms. The molecule has 1 atom stereocenters. The number of imidazole rings is 1. The molecule has 0 aliphatic heterocycles. The Kier molecular flexibility index (Phi) is 6.30. The zero-order valence-corrected chi connectivity index (χ0v) is 18.7. The highest BCUT2D eigenvalue weighted by molar-refractivity contribution is 6.06. The van der Waals surface area contributed by atoms with Gasteiger partial charge >= 0.3 is 0 Å². The van der Waals surface area contributed by atoms with E-state index in [2.05, 4.69) is 15.3 Å². The molecule has 172 valence electrons. The molecular formula is C28H22N4O3. The van der Waals surface area contributed by atoms with Gasteiger partial charge in [-0.25, -0.2) is 9.97 Å². The van der Waals surface area contributed by atoms with E-state index in [0.29, 0.717) is 28.9 Å². The Balaban J connectivity index is 1.40. The first-order valence-corrected chi connectivity index (χ1v) is 11.2. The van der Waals surface area contributed by atoms with E-state index < -0.39 is 0 Å². The van der Waals surface area contributed by atoms with Crippen molar-refractivity contribution in [2.45, 2.75) is 12.5 Å². The molecule has 2 aromatic heterocycles. The monoisotopic (exact) mass is 462 g/mol. The predicted octanol–water partition coefficient (Wildman–Crippen LogP) is 5.65. The summed E-state index contributed by atoms with van der Waals surface area (Å²) < 4.78 is 7.80. The number of hydrogen-bond donors (Lipinski definition) is 1. The van der Waals surface area contributed by atoms with Crippen LogP contribution in [0.25, 0.3) is 11.0 Å². The van der Waals surface area contributed by atoms with Crippen molar-refractivity contribution in [3.63, 3.8) is 0 Å². The summed E-state index contributed by atoms with van der Waals surface area (Å²) in [6.45, 7) is 0. The van der Waals surface area contributed by atoms with Gasteiger partial charge in [0.15, 0.2) is 0 Å². The number of fused-ring (bicyclic) bond motifs is 1. The molecule has 0 spiro atoms. The number of carbonyl (C=O) groups is 2. The summed E-state index contributed by atoms with van der Waals surface area (Å²) in [5.41, 5.74) is 3.51. The van der Waals surface area contributed by atoms with Gasteiger partial charge in [0.2, 0.25) is 5.88 Å². The van der Waals surface area contributed by atoms with Gasteiger partial charge in [0, 0.05) is 18.3 Å². The first kappa shape index (κ1) is 22.0. The summed E-state index contributed by atoms with van der Waals surface area (Å²) in [4.78, 5) is 33.2. The first-order valence-electron chi connectivity index (χ1n) is 11.2. The fraction of sp³-hybridized carbons (Fsp3) is 0.0714. The second-order valence-electron chi connectivity index (χ2n) is 7.91. The van der Waals surface area contributed by atoms with Crippen LogP contribution in [-0.4, -0.2) is 26.7 Å². The lowest BCUT2D eigenvalue weighted by Gasteiger charge is -2.17. The molecule has 1 unspecified atom stereocenters. The summed E-state index contributed by atoms with van der Waals surface area (Å²) in [5.74, 6) is 0.475. The van der Waals surface area contributed by atoms with Crippen LogP contribution in [0.3, 0.4) is 0 Å². The van der Waals surface area contributed by atoms with Gasteiger partial charge < -0.3 is 19.4 Å². The van der Waals surface area contributed by atoms with Crippen LogP contribution >= 0.6 is 0 Å². The van der Waals surface area contributed by atoms with Gasteiger partial charge in [0.25, 0.3) is 5.91 Å². The maximum atomic E-state index is 13.0. The Morgan fingerprint density at radius 2 is 1.71 bits per heavy atom. The number of para-hydroxylation sites is 1. The normalized spacial score (nSPS) is 11.7. The van der Waals surface area contributed by atoms with Crippen LogP contribution in [0.2, 0.25) is 0 Å². The van der Waals surface area contributed by atoms with Gasteiger partial charge in [-0.2, -0.15) is 0 Å². The van der Waals surface area contributed by atoms with Crippen molar-refractivity contribution in [2.75, 3.05) is 5.32 Å². The molecule has 0 aliphatic rings. The summed E-state index contributed by atoms with van der Waals surface area (Å²) in [7, 11) is 0. The summed E-state index contributed by atoms with van der Waals surface area (Å²) in [5, 5.41) is 2.91. The van der Waals surface area contributed by atoms with Crippen molar-refractivity contribution in [3.8, 4) is 11.6 Å². The fourth-order valence-electron chi connectivity index (χ4n) is 3.98. The molecule has 1 amide bonds. The summed E-state index contributed by atoms with van der Waals surface area (Å²) in [6.07, 6.45) is 4.56. The van der Waals surface area contributed by atoms with Gasteiger partial charge in [0.1, 0.15) is 17.6 Å². The number of nitrogens with one attached hydrogen (secondary N) is 1. The standard InChI is InChI=1S/C28H22N4O3/c33-17-15-25(20-8-3-1-4-9-20)32-19-30-24-18-21(13-14-26(24)32)31-27(34)23-12-7-16-29-28(23)35-22-10-5-2-6-11-22/h1-14,16-19,25H,15H2,(H,31,34). The number of pyridine rings is 1. The highest BCUT2D eigenvalue weighted by atomic mass is 16.5. The van der Waals surface area contributed by atoms with E-state index in [1.807, 2.05) is 65.2 Å².